The van der Waals surface area contributed by atoms with Crippen LogP contribution in [0, 0.1) is 4.91 Å². The third-order valence-corrected chi connectivity index (χ3v) is 2.50. The van der Waals surface area contributed by atoms with Gasteiger partial charge in [0, 0.05) is 5.56 Å². The quantitative estimate of drug-likeness (QED) is 0.824. The zero-order valence-corrected chi connectivity index (χ0v) is 9.85. The Morgan fingerprint density at radius 3 is 1.90 bits per heavy atom. The fourth-order valence-electron chi connectivity index (χ4n) is 1.52. The molecule has 20 heavy (non-hydrogen) atoms. The summed E-state index contributed by atoms with van der Waals surface area (Å²) >= 11 is 0. The first-order chi connectivity index (χ1) is 9.32. The van der Waals surface area contributed by atoms with Crippen LogP contribution < -0.4 is 11.5 Å². The predicted molar refractivity (Wildman–Crippen MR) is 66.7 cm³/mol. The Hall–Kier alpha value is -2.71. The fraction of sp³-hybridized carbons (Fsp3) is 0.0909. The number of benzene rings is 1. The van der Waals surface area contributed by atoms with Gasteiger partial charge in [-0.2, -0.15) is 13.2 Å². The minimum Gasteiger partial charge on any atom is -0.382 e. The molecule has 0 atom stereocenters. The lowest BCUT2D eigenvalue weighted by Crippen LogP contribution is -2.05. The third kappa shape index (κ3) is 2.51. The molecule has 2 rings (SSSR count). The van der Waals surface area contributed by atoms with E-state index in [0.717, 1.165) is 12.1 Å². The molecule has 0 aliphatic rings. The van der Waals surface area contributed by atoms with E-state index in [-0.39, 0.29) is 28.7 Å². The smallest absolute Gasteiger partial charge is 0.382 e. The summed E-state index contributed by atoms with van der Waals surface area (Å²) in [6, 6.07) is 4.14. The van der Waals surface area contributed by atoms with Crippen molar-refractivity contribution in [1.29, 1.82) is 0 Å². The number of halogens is 3. The number of aromatic nitrogens is 2. The molecule has 0 amide bonds. The largest absolute Gasteiger partial charge is 0.416 e. The van der Waals surface area contributed by atoms with Gasteiger partial charge in [0.05, 0.1) is 5.56 Å². The summed E-state index contributed by atoms with van der Waals surface area (Å²) in [5, 5.41) is 2.58. The topological polar surface area (TPSA) is 107 Å². The first kappa shape index (κ1) is 13.7. The normalized spacial score (nSPS) is 11.3. The van der Waals surface area contributed by atoms with Crippen LogP contribution in [0.5, 0.6) is 0 Å². The number of nitrogens with two attached hydrogens (primary N) is 2. The van der Waals surface area contributed by atoms with Gasteiger partial charge in [0.1, 0.15) is 0 Å². The minimum atomic E-state index is -4.43. The molecule has 1 heterocycles. The molecule has 1 aromatic carbocycles. The number of rotatable bonds is 2. The standard InChI is InChI=1S/C11H8F3N5O/c12-11(13,14)6-3-1-5(2-4-6)10-17-8(15)7(19-20)9(16)18-10/h1-4H,(H4,15,16,17,18). The van der Waals surface area contributed by atoms with E-state index in [1.54, 1.807) is 0 Å². The fourth-order valence-corrected chi connectivity index (χ4v) is 1.52. The van der Waals surface area contributed by atoms with Crippen molar-refractivity contribution in [3.05, 3.63) is 34.7 Å². The Morgan fingerprint density at radius 1 is 1.00 bits per heavy atom. The first-order valence-corrected chi connectivity index (χ1v) is 5.27. The molecular formula is C11H8F3N5O. The van der Waals surface area contributed by atoms with Crippen molar-refractivity contribution in [2.45, 2.75) is 6.18 Å². The van der Waals surface area contributed by atoms with Gasteiger partial charge in [-0.3, -0.25) is 0 Å². The minimum absolute atomic E-state index is 0.0149. The average Bonchev–Trinajstić information content (AvgIpc) is 2.37. The number of nitroso groups, excluding NO2 is 1. The number of anilines is 2. The van der Waals surface area contributed by atoms with E-state index in [1.807, 2.05) is 0 Å². The third-order valence-electron chi connectivity index (χ3n) is 2.50. The number of nitrogens with zero attached hydrogens (tertiary/aromatic N) is 3. The Labute approximate surface area is 110 Å². The molecule has 0 saturated heterocycles. The molecule has 0 fully saturated rings. The van der Waals surface area contributed by atoms with Crippen LogP contribution in [-0.4, -0.2) is 9.97 Å². The molecule has 9 heteroatoms. The van der Waals surface area contributed by atoms with Gasteiger partial charge in [0.15, 0.2) is 23.1 Å². The van der Waals surface area contributed by atoms with Crippen molar-refractivity contribution in [2.24, 2.45) is 5.18 Å². The van der Waals surface area contributed by atoms with E-state index in [4.69, 9.17) is 11.5 Å². The molecule has 2 aromatic rings. The molecule has 1 aromatic heterocycles. The zero-order valence-electron chi connectivity index (χ0n) is 9.85. The second-order valence-corrected chi connectivity index (χ2v) is 3.83. The summed E-state index contributed by atoms with van der Waals surface area (Å²) in [5.74, 6) is -0.453. The number of alkyl halides is 3. The molecule has 4 N–H and O–H groups in total. The van der Waals surface area contributed by atoms with E-state index in [0.29, 0.717) is 0 Å². The second kappa shape index (κ2) is 4.76. The molecule has 0 aliphatic heterocycles. The molecular weight excluding hydrogens is 275 g/mol. The maximum Gasteiger partial charge on any atom is 0.416 e. The Kier molecular flexibility index (Phi) is 3.26. The molecule has 0 bridgehead atoms. The van der Waals surface area contributed by atoms with Crippen LogP contribution in [0.1, 0.15) is 5.56 Å². The zero-order chi connectivity index (χ0) is 14.9. The van der Waals surface area contributed by atoms with Crippen LogP contribution in [-0.2, 0) is 6.18 Å². The van der Waals surface area contributed by atoms with Crippen molar-refractivity contribution in [1.82, 2.24) is 9.97 Å². The summed E-state index contributed by atoms with van der Waals surface area (Å²) in [7, 11) is 0. The van der Waals surface area contributed by atoms with E-state index in [9.17, 15) is 18.1 Å². The first-order valence-electron chi connectivity index (χ1n) is 5.27. The molecule has 0 saturated carbocycles. The highest BCUT2D eigenvalue weighted by molar-refractivity contribution is 5.73. The van der Waals surface area contributed by atoms with Crippen molar-refractivity contribution >= 4 is 17.3 Å². The van der Waals surface area contributed by atoms with Gasteiger partial charge in [-0.25, -0.2) is 9.97 Å². The number of hydrogen-bond donors (Lipinski definition) is 2. The molecule has 0 unspecified atom stereocenters. The van der Waals surface area contributed by atoms with Crippen LogP contribution in [0.3, 0.4) is 0 Å². The van der Waals surface area contributed by atoms with E-state index >= 15 is 0 Å². The van der Waals surface area contributed by atoms with Gasteiger partial charge < -0.3 is 11.5 Å². The SMILES string of the molecule is Nc1nc(-c2ccc(C(F)(F)F)cc2)nc(N)c1N=O. The lowest BCUT2D eigenvalue weighted by molar-refractivity contribution is -0.137. The summed E-state index contributed by atoms with van der Waals surface area (Å²) in [5.41, 5.74) is 10.1. The highest BCUT2D eigenvalue weighted by atomic mass is 19.4. The monoisotopic (exact) mass is 283 g/mol. The average molecular weight is 283 g/mol. The summed E-state index contributed by atoms with van der Waals surface area (Å²) in [6.07, 6.45) is -4.43. The summed E-state index contributed by atoms with van der Waals surface area (Å²) in [4.78, 5) is 18.0. The molecule has 6 nitrogen and oxygen atoms in total. The van der Waals surface area contributed by atoms with Gasteiger partial charge in [0.2, 0.25) is 0 Å². The van der Waals surface area contributed by atoms with Crippen LogP contribution in [0.15, 0.2) is 29.4 Å². The van der Waals surface area contributed by atoms with Crippen molar-refractivity contribution in [3.8, 4) is 11.4 Å². The van der Waals surface area contributed by atoms with Gasteiger partial charge >= 0.3 is 6.18 Å². The second-order valence-electron chi connectivity index (χ2n) is 3.83. The van der Waals surface area contributed by atoms with Crippen LogP contribution in [0.4, 0.5) is 30.5 Å². The number of hydrogen-bond acceptors (Lipinski definition) is 6. The Balaban J connectivity index is 2.45. The van der Waals surface area contributed by atoms with Crippen molar-refractivity contribution < 1.29 is 13.2 Å². The predicted octanol–water partition coefficient (Wildman–Crippen LogP) is 2.72. The van der Waals surface area contributed by atoms with E-state index in [1.165, 1.54) is 12.1 Å². The highest BCUT2D eigenvalue weighted by Gasteiger charge is 2.30. The Morgan fingerprint density at radius 2 is 1.50 bits per heavy atom. The van der Waals surface area contributed by atoms with Gasteiger partial charge in [-0.15, -0.1) is 4.91 Å². The van der Waals surface area contributed by atoms with Crippen LogP contribution >= 0.6 is 0 Å². The lowest BCUT2D eigenvalue weighted by Gasteiger charge is -2.08. The van der Waals surface area contributed by atoms with Crippen LogP contribution in [0.2, 0.25) is 0 Å². The van der Waals surface area contributed by atoms with Gasteiger partial charge in [0.25, 0.3) is 0 Å². The lowest BCUT2D eigenvalue weighted by atomic mass is 10.1. The van der Waals surface area contributed by atoms with E-state index in [2.05, 4.69) is 15.1 Å². The van der Waals surface area contributed by atoms with Crippen molar-refractivity contribution in [3.63, 3.8) is 0 Å². The molecule has 0 aliphatic carbocycles. The number of nitrogen functional groups attached to an aromatic ring is 2. The van der Waals surface area contributed by atoms with E-state index < -0.39 is 11.7 Å². The Bertz CT molecular complexity index is 631. The maximum atomic E-state index is 12.4. The maximum absolute atomic E-state index is 12.4. The van der Waals surface area contributed by atoms with Crippen LogP contribution in [0.25, 0.3) is 11.4 Å². The van der Waals surface area contributed by atoms with Crippen molar-refractivity contribution in [2.75, 3.05) is 11.5 Å². The highest BCUT2D eigenvalue weighted by Crippen LogP contribution is 2.32. The molecule has 104 valence electrons. The summed E-state index contributed by atoms with van der Waals surface area (Å²) in [6.45, 7) is 0. The van der Waals surface area contributed by atoms with Gasteiger partial charge in [-0.05, 0) is 17.3 Å². The molecule has 0 radical (unpaired) electrons. The van der Waals surface area contributed by atoms with Gasteiger partial charge in [-0.1, -0.05) is 12.1 Å². The summed E-state index contributed by atoms with van der Waals surface area (Å²) < 4.78 is 37.3. The molecule has 0 spiro atoms.